The first-order valence-electron chi connectivity index (χ1n) is 4.58. The molecule has 0 radical (unpaired) electrons. The molecule has 1 aromatic rings. The van der Waals surface area contributed by atoms with E-state index in [-0.39, 0.29) is 5.82 Å². The van der Waals surface area contributed by atoms with Crippen molar-refractivity contribution in [2.45, 2.75) is 19.4 Å². The largest absolute Gasteiger partial charge is 0.381 e. The molecule has 0 fully saturated rings. The van der Waals surface area contributed by atoms with Gasteiger partial charge < -0.3 is 10.0 Å². The lowest BCUT2D eigenvalue weighted by Gasteiger charge is -2.24. The van der Waals surface area contributed by atoms with Gasteiger partial charge in [0.15, 0.2) is 0 Å². The van der Waals surface area contributed by atoms with Crippen LogP contribution in [0.4, 0.5) is 10.1 Å². The van der Waals surface area contributed by atoms with Gasteiger partial charge in [0.05, 0.1) is 0 Å². The second-order valence-electron chi connectivity index (χ2n) is 3.90. The molecule has 0 aliphatic heterocycles. The summed E-state index contributed by atoms with van der Waals surface area (Å²) in [7, 11) is 1.54. The van der Waals surface area contributed by atoms with Crippen molar-refractivity contribution in [3.8, 4) is 0 Å². The van der Waals surface area contributed by atoms with Crippen molar-refractivity contribution in [3.05, 3.63) is 30.1 Å². The number of benzene rings is 1. The lowest BCUT2D eigenvalue weighted by atomic mass is 10.1. The zero-order valence-corrected chi connectivity index (χ0v) is 8.99. The van der Waals surface area contributed by atoms with E-state index in [9.17, 15) is 14.3 Å². The van der Waals surface area contributed by atoms with Gasteiger partial charge in [-0.2, -0.15) is 0 Å². The number of carbonyl (C=O) groups is 1. The fraction of sp³-hybridized carbons (Fsp3) is 0.364. The molecule has 3 nitrogen and oxygen atoms in total. The Morgan fingerprint density at radius 2 is 1.80 bits per heavy atom. The highest BCUT2D eigenvalue weighted by Crippen LogP contribution is 2.16. The normalized spacial score (nSPS) is 11.3. The summed E-state index contributed by atoms with van der Waals surface area (Å²) in [5.41, 5.74) is -0.883. The molecule has 0 aromatic heterocycles. The Balaban J connectivity index is 2.90. The predicted octanol–water partition coefficient (Wildman–Crippen LogP) is 1.56. The van der Waals surface area contributed by atoms with E-state index in [1.54, 1.807) is 0 Å². The topological polar surface area (TPSA) is 40.5 Å². The SMILES string of the molecule is CN(C(=O)C(C)(C)O)c1ccc(F)cc1. The van der Waals surface area contributed by atoms with Crippen molar-refractivity contribution in [1.82, 2.24) is 0 Å². The van der Waals surface area contributed by atoms with Crippen molar-refractivity contribution in [1.29, 1.82) is 0 Å². The molecule has 82 valence electrons. The maximum atomic E-state index is 12.6. The Morgan fingerprint density at radius 1 is 1.33 bits per heavy atom. The second kappa shape index (κ2) is 3.98. The first-order valence-corrected chi connectivity index (χ1v) is 4.58. The van der Waals surface area contributed by atoms with Crippen molar-refractivity contribution < 1.29 is 14.3 Å². The minimum Gasteiger partial charge on any atom is -0.381 e. The number of carbonyl (C=O) groups excluding carboxylic acids is 1. The van der Waals surface area contributed by atoms with Gasteiger partial charge in [0.2, 0.25) is 0 Å². The molecule has 0 aliphatic rings. The summed E-state index contributed by atoms with van der Waals surface area (Å²) in [6.07, 6.45) is 0. The third-order valence-corrected chi connectivity index (χ3v) is 2.04. The van der Waals surface area contributed by atoms with E-state index in [1.165, 1.54) is 50.1 Å². The molecule has 0 heterocycles. The average molecular weight is 211 g/mol. The van der Waals surface area contributed by atoms with Crippen LogP contribution < -0.4 is 4.90 Å². The molecule has 1 rings (SSSR count). The summed E-state index contributed by atoms with van der Waals surface area (Å²) >= 11 is 0. The van der Waals surface area contributed by atoms with Crippen LogP contribution in [-0.2, 0) is 4.79 Å². The van der Waals surface area contributed by atoms with Crippen LogP contribution in [0.3, 0.4) is 0 Å². The number of aliphatic hydroxyl groups is 1. The third-order valence-electron chi connectivity index (χ3n) is 2.04. The minimum absolute atomic E-state index is 0.358. The summed E-state index contributed by atoms with van der Waals surface area (Å²) in [6.45, 7) is 2.82. The van der Waals surface area contributed by atoms with Crippen molar-refractivity contribution >= 4 is 11.6 Å². The summed E-state index contributed by atoms with van der Waals surface area (Å²) < 4.78 is 12.6. The van der Waals surface area contributed by atoms with Gasteiger partial charge >= 0.3 is 0 Å². The summed E-state index contributed by atoms with van der Waals surface area (Å²) in [4.78, 5) is 12.9. The van der Waals surface area contributed by atoms with Crippen molar-refractivity contribution in [2.24, 2.45) is 0 Å². The van der Waals surface area contributed by atoms with Gasteiger partial charge in [-0.25, -0.2) is 4.39 Å². The van der Waals surface area contributed by atoms with Gasteiger partial charge in [0.1, 0.15) is 11.4 Å². The van der Waals surface area contributed by atoms with E-state index in [1.807, 2.05) is 0 Å². The fourth-order valence-corrected chi connectivity index (χ4v) is 1.19. The average Bonchev–Trinajstić information content (AvgIpc) is 2.15. The maximum Gasteiger partial charge on any atom is 0.258 e. The highest BCUT2D eigenvalue weighted by molar-refractivity contribution is 5.98. The number of likely N-dealkylation sites (N-methyl/N-ethyl adjacent to an activating group) is 1. The molecule has 0 aliphatic carbocycles. The number of hydrogen-bond donors (Lipinski definition) is 1. The monoisotopic (exact) mass is 211 g/mol. The van der Waals surface area contributed by atoms with Gasteiger partial charge in [-0.1, -0.05) is 0 Å². The van der Waals surface area contributed by atoms with Gasteiger partial charge in [-0.3, -0.25) is 4.79 Å². The van der Waals surface area contributed by atoms with Crippen LogP contribution in [-0.4, -0.2) is 23.7 Å². The molecule has 0 unspecified atom stereocenters. The number of anilines is 1. The molecule has 1 aromatic carbocycles. The summed E-state index contributed by atoms with van der Waals surface area (Å²) in [5, 5.41) is 9.51. The second-order valence-corrected chi connectivity index (χ2v) is 3.90. The number of rotatable bonds is 2. The van der Waals surface area contributed by atoms with E-state index < -0.39 is 11.5 Å². The van der Waals surface area contributed by atoms with Crippen LogP contribution in [0, 0.1) is 5.82 Å². The lowest BCUT2D eigenvalue weighted by molar-refractivity contribution is -0.133. The fourth-order valence-electron chi connectivity index (χ4n) is 1.19. The molecular formula is C11H14FNO2. The van der Waals surface area contributed by atoms with Crippen LogP contribution in [0.25, 0.3) is 0 Å². The third kappa shape index (κ3) is 2.76. The van der Waals surface area contributed by atoms with E-state index in [0.29, 0.717) is 5.69 Å². The zero-order valence-electron chi connectivity index (χ0n) is 8.99. The van der Waals surface area contributed by atoms with E-state index in [0.717, 1.165) is 0 Å². The van der Waals surface area contributed by atoms with Crippen molar-refractivity contribution in [3.63, 3.8) is 0 Å². The Labute approximate surface area is 88.1 Å². The Hall–Kier alpha value is -1.42. The molecule has 0 spiro atoms. The van der Waals surface area contributed by atoms with Crippen molar-refractivity contribution in [2.75, 3.05) is 11.9 Å². The van der Waals surface area contributed by atoms with E-state index >= 15 is 0 Å². The number of nitrogens with zero attached hydrogens (tertiary/aromatic N) is 1. The number of hydrogen-bond acceptors (Lipinski definition) is 2. The van der Waals surface area contributed by atoms with E-state index in [2.05, 4.69) is 0 Å². The maximum absolute atomic E-state index is 12.6. The quantitative estimate of drug-likeness (QED) is 0.806. The molecule has 0 atom stereocenters. The van der Waals surface area contributed by atoms with Crippen LogP contribution >= 0.6 is 0 Å². The van der Waals surface area contributed by atoms with Gasteiger partial charge in [0, 0.05) is 12.7 Å². The molecule has 1 amide bonds. The van der Waals surface area contributed by atoms with Gasteiger partial charge in [-0.15, -0.1) is 0 Å². The lowest BCUT2D eigenvalue weighted by Crippen LogP contribution is -2.43. The Kier molecular flexibility index (Phi) is 3.09. The molecule has 1 N–H and O–H groups in total. The molecule has 15 heavy (non-hydrogen) atoms. The van der Waals surface area contributed by atoms with Crippen LogP contribution in [0.15, 0.2) is 24.3 Å². The number of halogens is 1. The first-order chi connectivity index (χ1) is 6.82. The predicted molar refractivity (Wildman–Crippen MR) is 56.1 cm³/mol. The Morgan fingerprint density at radius 3 is 2.20 bits per heavy atom. The van der Waals surface area contributed by atoms with Crippen LogP contribution in [0.2, 0.25) is 0 Å². The minimum atomic E-state index is -1.43. The molecule has 0 bridgehead atoms. The molecule has 0 saturated heterocycles. The zero-order chi connectivity index (χ0) is 11.6. The summed E-state index contributed by atoms with van der Waals surface area (Å²) in [5.74, 6) is -0.794. The summed E-state index contributed by atoms with van der Waals surface area (Å²) in [6, 6.07) is 5.50. The highest BCUT2D eigenvalue weighted by atomic mass is 19.1. The van der Waals surface area contributed by atoms with Gasteiger partial charge in [-0.05, 0) is 38.1 Å². The first kappa shape index (κ1) is 11.7. The van der Waals surface area contributed by atoms with Crippen LogP contribution in [0.5, 0.6) is 0 Å². The standard InChI is InChI=1S/C11H14FNO2/c1-11(2,15)10(14)13(3)9-6-4-8(12)5-7-9/h4-7,15H,1-3H3. The smallest absolute Gasteiger partial charge is 0.258 e. The molecule has 4 heteroatoms. The van der Waals surface area contributed by atoms with Gasteiger partial charge in [0.25, 0.3) is 5.91 Å². The Bertz CT molecular complexity index is 354. The van der Waals surface area contributed by atoms with Crippen LogP contribution in [0.1, 0.15) is 13.8 Å². The molecular weight excluding hydrogens is 197 g/mol. The van der Waals surface area contributed by atoms with E-state index in [4.69, 9.17) is 0 Å². The highest BCUT2D eigenvalue weighted by Gasteiger charge is 2.27. The molecule has 0 saturated carbocycles. The number of amides is 1.